The Morgan fingerprint density at radius 3 is 2.25 bits per heavy atom. The van der Waals surface area contributed by atoms with E-state index < -0.39 is 20.7 Å². The van der Waals surface area contributed by atoms with Crippen molar-refractivity contribution in [1.29, 1.82) is 0 Å². The van der Waals surface area contributed by atoms with Gasteiger partial charge in [0, 0.05) is 0 Å². The SMILES string of the molecule is CC(C)(C)Cc1ccc(S(N)(=O)=O)c(F)c1. The van der Waals surface area contributed by atoms with Gasteiger partial charge in [-0.25, -0.2) is 17.9 Å². The van der Waals surface area contributed by atoms with E-state index in [2.05, 4.69) is 0 Å². The fourth-order valence-electron chi connectivity index (χ4n) is 1.50. The van der Waals surface area contributed by atoms with Crippen LogP contribution in [0.15, 0.2) is 23.1 Å². The second-order valence-corrected chi connectivity index (χ2v) is 6.58. The van der Waals surface area contributed by atoms with Crippen LogP contribution in [0.25, 0.3) is 0 Å². The van der Waals surface area contributed by atoms with Crippen LogP contribution in [0.4, 0.5) is 4.39 Å². The van der Waals surface area contributed by atoms with E-state index in [1.807, 2.05) is 20.8 Å². The summed E-state index contributed by atoms with van der Waals surface area (Å²) in [5, 5.41) is 4.87. The van der Waals surface area contributed by atoms with Crippen molar-refractivity contribution in [3.63, 3.8) is 0 Å². The molecule has 0 atom stereocenters. The lowest BCUT2D eigenvalue weighted by molar-refractivity contribution is 0.410. The second kappa shape index (κ2) is 4.14. The number of halogens is 1. The van der Waals surface area contributed by atoms with Gasteiger partial charge in [0.25, 0.3) is 0 Å². The van der Waals surface area contributed by atoms with E-state index in [9.17, 15) is 12.8 Å². The maximum atomic E-state index is 13.5. The zero-order chi connectivity index (χ0) is 12.6. The number of benzene rings is 1. The topological polar surface area (TPSA) is 60.2 Å². The third-order valence-corrected chi connectivity index (χ3v) is 2.98. The molecule has 0 saturated heterocycles. The Balaban J connectivity index is 3.10. The average Bonchev–Trinajstić information content (AvgIpc) is 1.97. The summed E-state index contributed by atoms with van der Waals surface area (Å²) in [5.41, 5.74) is 0.785. The van der Waals surface area contributed by atoms with E-state index in [4.69, 9.17) is 5.14 Å². The molecule has 0 aromatic heterocycles. The molecule has 16 heavy (non-hydrogen) atoms. The highest BCUT2D eigenvalue weighted by Gasteiger charge is 2.17. The summed E-state index contributed by atoms with van der Waals surface area (Å²) in [6, 6.07) is 4.03. The van der Waals surface area contributed by atoms with Gasteiger partial charge in [-0.2, -0.15) is 0 Å². The van der Waals surface area contributed by atoms with Crippen molar-refractivity contribution in [3.8, 4) is 0 Å². The van der Waals surface area contributed by atoms with Crippen LogP contribution in [0.2, 0.25) is 0 Å². The molecule has 0 fully saturated rings. The van der Waals surface area contributed by atoms with Crippen LogP contribution in [-0.4, -0.2) is 8.42 Å². The molecule has 0 radical (unpaired) electrons. The highest BCUT2D eigenvalue weighted by atomic mass is 32.2. The standard InChI is InChI=1S/C11H16FNO2S/c1-11(2,3)7-8-4-5-10(9(12)6-8)16(13,14)15/h4-6H,7H2,1-3H3,(H2,13,14,15). The maximum Gasteiger partial charge on any atom is 0.240 e. The molecule has 2 N–H and O–H groups in total. The second-order valence-electron chi connectivity index (χ2n) is 5.05. The van der Waals surface area contributed by atoms with E-state index in [-0.39, 0.29) is 5.41 Å². The Kier molecular flexibility index (Phi) is 3.40. The quantitative estimate of drug-likeness (QED) is 0.867. The van der Waals surface area contributed by atoms with Gasteiger partial charge < -0.3 is 0 Å². The summed E-state index contributed by atoms with van der Waals surface area (Å²) in [6.07, 6.45) is 0.675. The fraction of sp³-hybridized carbons (Fsp3) is 0.455. The van der Waals surface area contributed by atoms with Crippen LogP contribution >= 0.6 is 0 Å². The van der Waals surface area contributed by atoms with Crippen molar-refractivity contribution in [3.05, 3.63) is 29.6 Å². The largest absolute Gasteiger partial charge is 0.240 e. The van der Waals surface area contributed by atoms with Gasteiger partial charge in [0.05, 0.1) is 0 Å². The first-order valence-electron chi connectivity index (χ1n) is 4.91. The van der Waals surface area contributed by atoms with E-state index in [0.29, 0.717) is 6.42 Å². The third kappa shape index (κ3) is 3.57. The maximum absolute atomic E-state index is 13.5. The zero-order valence-corrected chi connectivity index (χ0v) is 10.4. The van der Waals surface area contributed by atoms with Crippen LogP contribution in [0, 0.1) is 11.2 Å². The van der Waals surface area contributed by atoms with Gasteiger partial charge in [-0.15, -0.1) is 0 Å². The van der Waals surface area contributed by atoms with Gasteiger partial charge in [-0.3, -0.25) is 0 Å². The van der Waals surface area contributed by atoms with Crippen molar-refractivity contribution in [1.82, 2.24) is 0 Å². The molecule has 90 valence electrons. The highest BCUT2D eigenvalue weighted by molar-refractivity contribution is 7.89. The molecule has 0 aliphatic rings. The number of primary sulfonamides is 1. The monoisotopic (exact) mass is 245 g/mol. The molecule has 0 heterocycles. The smallest absolute Gasteiger partial charge is 0.225 e. The Labute approximate surface area is 95.5 Å². The molecule has 0 unspecified atom stereocenters. The molecule has 0 bridgehead atoms. The van der Waals surface area contributed by atoms with Gasteiger partial charge >= 0.3 is 0 Å². The number of hydrogen-bond acceptors (Lipinski definition) is 2. The van der Waals surface area contributed by atoms with E-state index in [1.165, 1.54) is 12.1 Å². The minimum atomic E-state index is -3.97. The summed E-state index contributed by atoms with van der Waals surface area (Å²) < 4.78 is 35.4. The Bertz CT molecular complexity index is 489. The molecular weight excluding hydrogens is 229 g/mol. The minimum Gasteiger partial charge on any atom is -0.225 e. The van der Waals surface area contributed by atoms with Crippen LogP contribution in [0.1, 0.15) is 26.3 Å². The molecule has 0 aliphatic heterocycles. The lowest BCUT2D eigenvalue weighted by Gasteiger charge is -2.18. The van der Waals surface area contributed by atoms with Crippen LogP contribution in [0.3, 0.4) is 0 Å². The first kappa shape index (κ1) is 13.1. The molecule has 0 spiro atoms. The van der Waals surface area contributed by atoms with Gasteiger partial charge in [0.2, 0.25) is 10.0 Å². The number of rotatable bonds is 2. The molecule has 0 amide bonds. The van der Waals surface area contributed by atoms with Crippen molar-refractivity contribution in [2.45, 2.75) is 32.1 Å². The summed E-state index contributed by atoms with van der Waals surface area (Å²) in [6.45, 7) is 6.08. The molecule has 1 rings (SSSR count). The summed E-state index contributed by atoms with van der Waals surface area (Å²) >= 11 is 0. The van der Waals surface area contributed by atoms with Crippen LogP contribution < -0.4 is 5.14 Å². The van der Waals surface area contributed by atoms with Gasteiger partial charge in [0.1, 0.15) is 10.7 Å². The van der Waals surface area contributed by atoms with E-state index in [1.54, 1.807) is 6.07 Å². The first-order valence-corrected chi connectivity index (χ1v) is 6.45. The molecule has 0 aliphatic carbocycles. The predicted octanol–water partition coefficient (Wildman–Crippen LogP) is 2.06. The summed E-state index contributed by atoms with van der Waals surface area (Å²) in [4.78, 5) is -0.454. The molecular formula is C11H16FNO2S. The molecule has 1 aromatic carbocycles. The Morgan fingerprint density at radius 2 is 1.88 bits per heavy atom. The van der Waals surface area contributed by atoms with Crippen molar-refractivity contribution in [2.75, 3.05) is 0 Å². The first-order chi connectivity index (χ1) is 7.09. The summed E-state index contributed by atoms with van der Waals surface area (Å²) in [5.74, 6) is -0.788. The van der Waals surface area contributed by atoms with Gasteiger partial charge in [-0.05, 0) is 29.5 Å². The Morgan fingerprint density at radius 1 is 1.31 bits per heavy atom. The number of nitrogens with two attached hydrogens (primary N) is 1. The van der Waals surface area contributed by atoms with Gasteiger partial charge in [0.15, 0.2) is 0 Å². The van der Waals surface area contributed by atoms with Crippen LogP contribution in [0.5, 0.6) is 0 Å². The number of hydrogen-bond donors (Lipinski definition) is 1. The lowest BCUT2D eigenvalue weighted by Crippen LogP contribution is -2.15. The van der Waals surface area contributed by atoms with Crippen molar-refractivity contribution >= 4 is 10.0 Å². The third-order valence-electron chi connectivity index (χ3n) is 2.04. The molecule has 3 nitrogen and oxygen atoms in total. The fourth-order valence-corrected chi connectivity index (χ4v) is 2.09. The number of sulfonamides is 1. The molecule has 0 saturated carbocycles. The molecule has 1 aromatic rings. The predicted molar refractivity (Wildman–Crippen MR) is 60.9 cm³/mol. The van der Waals surface area contributed by atoms with Crippen molar-refractivity contribution in [2.24, 2.45) is 10.6 Å². The normalized spacial score (nSPS) is 12.8. The molecule has 5 heteroatoms. The lowest BCUT2D eigenvalue weighted by atomic mass is 9.88. The summed E-state index contributed by atoms with van der Waals surface area (Å²) in [7, 11) is -3.97. The highest BCUT2D eigenvalue weighted by Crippen LogP contribution is 2.22. The van der Waals surface area contributed by atoms with E-state index in [0.717, 1.165) is 5.56 Å². The zero-order valence-electron chi connectivity index (χ0n) is 9.62. The van der Waals surface area contributed by atoms with Gasteiger partial charge in [-0.1, -0.05) is 26.8 Å². The minimum absolute atomic E-state index is 0.0234. The Hall–Kier alpha value is -0.940. The van der Waals surface area contributed by atoms with E-state index >= 15 is 0 Å². The van der Waals surface area contributed by atoms with Crippen molar-refractivity contribution < 1.29 is 12.8 Å². The van der Waals surface area contributed by atoms with Crippen LogP contribution in [-0.2, 0) is 16.4 Å². The average molecular weight is 245 g/mol.